The van der Waals surface area contributed by atoms with Crippen molar-refractivity contribution in [1.29, 1.82) is 0 Å². The summed E-state index contributed by atoms with van der Waals surface area (Å²) in [5, 5.41) is 3.68. The molecule has 8 heteroatoms. The number of hydrogen-bond donors (Lipinski definition) is 2. The summed E-state index contributed by atoms with van der Waals surface area (Å²) in [6.45, 7) is 1.92. The Labute approximate surface area is 155 Å². The summed E-state index contributed by atoms with van der Waals surface area (Å²) in [7, 11) is 0. The van der Waals surface area contributed by atoms with Crippen LogP contribution in [0.25, 0.3) is 11.2 Å². The second-order valence-corrected chi connectivity index (χ2v) is 6.80. The van der Waals surface area contributed by atoms with E-state index < -0.39 is 0 Å². The van der Waals surface area contributed by atoms with Crippen molar-refractivity contribution in [2.75, 3.05) is 18.0 Å². The van der Waals surface area contributed by atoms with E-state index in [1.807, 2.05) is 24.3 Å². The number of hydrogen-bond acceptors (Lipinski definition) is 5. The number of fused-ring (bicyclic) bond motifs is 1. The molecule has 2 N–H and O–H groups in total. The Morgan fingerprint density at radius 3 is 3.08 bits per heavy atom. The molecule has 0 aliphatic carbocycles. The Balaban J connectivity index is 1.44. The zero-order valence-corrected chi connectivity index (χ0v) is 14.9. The third-order valence-corrected chi connectivity index (χ3v) is 5.07. The molecule has 0 saturated carbocycles. The molecule has 26 heavy (non-hydrogen) atoms. The van der Waals surface area contributed by atoms with Crippen molar-refractivity contribution in [2.45, 2.75) is 19.4 Å². The largest absolute Gasteiger partial charge is 0.354 e. The zero-order chi connectivity index (χ0) is 17.9. The standard InChI is InChI=1S/C18H19ClN6O/c19-14-6-2-1-4-12(14)8-20-18(26)13-5-3-7-25(9-13)17-15-16(22-10-21-15)23-11-24-17/h1-2,4,6,10-11,13H,3,5,7-9H2,(H,20,26)(H,21,22,23,24). The molecule has 1 fully saturated rings. The molecule has 0 radical (unpaired) electrons. The summed E-state index contributed by atoms with van der Waals surface area (Å²) in [4.78, 5) is 30.6. The summed E-state index contributed by atoms with van der Waals surface area (Å²) in [5.74, 6) is 0.764. The van der Waals surface area contributed by atoms with E-state index in [2.05, 4.69) is 30.2 Å². The first-order valence-electron chi connectivity index (χ1n) is 8.62. The van der Waals surface area contributed by atoms with Gasteiger partial charge >= 0.3 is 0 Å². The highest BCUT2D eigenvalue weighted by molar-refractivity contribution is 6.31. The number of nitrogens with one attached hydrogen (secondary N) is 2. The molecule has 3 aromatic rings. The minimum absolute atomic E-state index is 0.0459. The Bertz CT molecular complexity index is 927. The van der Waals surface area contributed by atoms with E-state index in [0.29, 0.717) is 23.8 Å². The van der Waals surface area contributed by atoms with Crippen LogP contribution in [0.4, 0.5) is 5.82 Å². The fraction of sp³-hybridized carbons (Fsp3) is 0.333. The van der Waals surface area contributed by atoms with E-state index in [0.717, 1.165) is 36.3 Å². The molecule has 4 rings (SSSR count). The van der Waals surface area contributed by atoms with Crippen LogP contribution in [0.1, 0.15) is 18.4 Å². The number of carbonyl (C=O) groups is 1. The van der Waals surface area contributed by atoms with Crippen molar-refractivity contribution in [1.82, 2.24) is 25.3 Å². The van der Waals surface area contributed by atoms with Gasteiger partial charge in [0.25, 0.3) is 0 Å². The molecule has 1 aliphatic rings. The number of benzene rings is 1. The van der Waals surface area contributed by atoms with Crippen molar-refractivity contribution in [3.05, 3.63) is 47.5 Å². The normalized spacial score (nSPS) is 17.4. The van der Waals surface area contributed by atoms with Gasteiger partial charge in [0.15, 0.2) is 11.5 Å². The van der Waals surface area contributed by atoms with Crippen LogP contribution in [0.15, 0.2) is 36.9 Å². The monoisotopic (exact) mass is 370 g/mol. The van der Waals surface area contributed by atoms with Gasteiger partial charge in [-0.2, -0.15) is 0 Å². The van der Waals surface area contributed by atoms with Crippen molar-refractivity contribution >= 4 is 34.5 Å². The van der Waals surface area contributed by atoms with Crippen molar-refractivity contribution < 1.29 is 4.79 Å². The van der Waals surface area contributed by atoms with Crippen LogP contribution >= 0.6 is 11.6 Å². The molecule has 3 heterocycles. The molecule has 1 unspecified atom stereocenters. The van der Waals surface area contributed by atoms with Crippen LogP contribution in [0.5, 0.6) is 0 Å². The number of anilines is 1. The predicted octanol–water partition coefficient (Wildman–Crippen LogP) is 2.54. The lowest BCUT2D eigenvalue weighted by molar-refractivity contribution is -0.125. The number of aromatic nitrogens is 4. The average Bonchev–Trinajstić information content (AvgIpc) is 3.16. The maximum atomic E-state index is 12.6. The molecule has 1 aliphatic heterocycles. The zero-order valence-electron chi connectivity index (χ0n) is 14.2. The smallest absolute Gasteiger partial charge is 0.225 e. The van der Waals surface area contributed by atoms with Gasteiger partial charge in [0.05, 0.1) is 12.2 Å². The minimum atomic E-state index is -0.0841. The van der Waals surface area contributed by atoms with E-state index >= 15 is 0 Å². The molecule has 2 aromatic heterocycles. The van der Waals surface area contributed by atoms with Gasteiger partial charge in [-0.15, -0.1) is 0 Å². The lowest BCUT2D eigenvalue weighted by atomic mass is 9.97. The highest BCUT2D eigenvalue weighted by Crippen LogP contribution is 2.26. The van der Waals surface area contributed by atoms with Crippen LogP contribution in [-0.4, -0.2) is 38.9 Å². The number of H-pyrrole nitrogens is 1. The minimum Gasteiger partial charge on any atom is -0.354 e. The first kappa shape index (κ1) is 16.8. The predicted molar refractivity (Wildman–Crippen MR) is 99.9 cm³/mol. The highest BCUT2D eigenvalue weighted by atomic mass is 35.5. The van der Waals surface area contributed by atoms with Crippen molar-refractivity contribution in [3.63, 3.8) is 0 Å². The van der Waals surface area contributed by atoms with E-state index in [9.17, 15) is 4.79 Å². The third-order valence-electron chi connectivity index (χ3n) is 4.71. The molecule has 1 aromatic carbocycles. The maximum absolute atomic E-state index is 12.6. The van der Waals surface area contributed by atoms with Gasteiger partial charge in [-0.1, -0.05) is 29.8 Å². The van der Waals surface area contributed by atoms with E-state index in [1.165, 1.54) is 6.33 Å². The van der Waals surface area contributed by atoms with Crippen LogP contribution < -0.4 is 10.2 Å². The fourth-order valence-electron chi connectivity index (χ4n) is 3.34. The first-order chi connectivity index (χ1) is 12.7. The number of halogens is 1. The second-order valence-electron chi connectivity index (χ2n) is 6.39. The van der Waals surface area contributed by atoms with Gasteiger partial charge < -0.3 is 15.2 Å². The quantitative estimate of drug-likeness (QED) is 0.737. The summed E-state index contributed by atoms with van der Waals surface area (Å²) in [6, 6.07) is 7.55. The molecule has 1 amide bonds. The Hall–Kier alpha value is -2.67. The van der Waals surface area contributed by atoms with Crippen molar-refractivity contribution in [3.8, 4) is 0 Å². The second kappa shape index (κ2) is 7.29. The SMILES string of the molecule is O=C(NCc1ccccc1Cl)C1CCCN(c2ncnc3nc[nH]c23)C1. The third kappa shape index (κ3) is 3.35. The van der Waals surface area contributed by atoms with E-state index in [1.54, 1.807) is 6.33 Å². The Morgan fingerprint density at radius 2 is 2.19 bits per heavy atom. The average molecular weight is 371 g/mol. The van der Waals surface area contributed by atoms with E-state index in [4.69, 9.17) is 11.6 Å². The van der Waals surface area contributed by atoms with Crippen LogP contribution in [0.3, 0.4) is 0 Å². The number of piperidine rings is 1. The Morgan fingerprint density at radius 1 is 1.31 bits per heavy atom. The Kier molecular flexibility index (Phi) is 4.71. The molecule has 7 nitrogen and oxygen atoms in total. The molecule has 0 spiro atoms. The molecule has 0 bridgehead atoms. The van der Waals surface area contributed by atoms with Crippen molar-refractivity contribution in [2.24, 2.45) is 5.92 Å². The van der Waals surface area contributed by atoms with Gasteiger partial charge in [0.2, 0.25) is 5.91 Å². The summed E-state index contributed by atoms with van der Waals surface area (Å²) in [6.07, 6.45) is 4.92. The molecular formula is C18H19ClN6O. The molecule has 1 saturated heterocycles. The fourth-order valence-corrected chi connectivity index (χ4v) is 3.55. The number of aromatic amines is 1. The van der Waals surface area contributed by atoms with Crippen LogP contribution in [-0.2, 0) is 11.3 Å². The number of rotatable bonds is 4. The lowest BCUT2D eigenvalue weighted by Crippen LogP contribution is -2.43. The van der Waals surface area contributed by atoms with Gasteiger partial charge in [-0.25, -0.2) is 15.0 Å². The molecular weight excluding hydrogens is 352 g/mol. The first-order valence-corrected chi connectivity index (χ1v) is 9.00. The molecule has 134 valence electrons. The summed E-state index contributed by atoms with van der Waals surface area (Å²) < 4.78 is 0. The van der Waals surface area contributed by atoms with Gasteiger partial charge in [-0.05, 0) is 24.5 Å². The van der Waals surface area contributed by atoms with Gasteiger partial charge in [0, 0.05) is 24.7 Å². The maximum Gasteiger partial charge on any atom is 0.225 e. The number of carbonyl (C=O) groups excluding carboxylic acids is 1. The summed E-state index contributed by atoms with van der Waals surface area (Å²) >= 11 is 6.16. The highest BCUT2D eigenvalue weighted by Gasteiger charge is 2.27. The topological polar surface area (TPSA) is 86.8 Å². The lowest BCUT2D eigenvalue weighted by Gasteiger charge is -2.32. The van der Waals surface area contributed by atoms with E-state index in [-0.39, 0.29) is 11.8 Å². The number of amides is 1. The van der Waals surface area contributed by atoms with Gasteiger partial charge in [0.1, 0.15) is 11.8 Å². The molecule has 1 atom stereocenters. The number of imidazole rings is 1. The number of nitrogens with zero attached hydrogens (tertiary/aromatic N) is 4. The van der Waals surface area contributed by atoms with Crippen LogP contribution in [0, 0.1) is 5.92 Å². The van der Waals surface area contributed by atoms with Crippen LogP contribution in [0.2, 0.25) is 5.02 Å². The van der Waals surface area contributed by atoms with Gasteiger partial charge in [-0.3, -0.25) is 4.79 Å². The summed E-state index contributed by atoms with van der Waals surface area (Å²) in [5.41, 5.74) is 2.37.